The summed E-state index contributed by atoms with van der Waals surface area (Å²) >= 11 is 3.40. The van der Waals surface area contributed by atoms with Crippen LogP contribution in [0.1, 0.15) is 37.7 Å². The van der Waals surface area contributed by atoms with Gasteiger partial charge < -0.3 is 10.0 Å². The van der Waals surface area contributed by atoms with Gasteiger partial charge in [-0.2, -0.15) is 0 Å². The van der Waals surface area contributed by atoms with Crippen molar-refractivity contribution in [2.45, 2.75) is 32.1 Å². The zero-order valence-electron chi connectivity index (χ0n) is 12.1. The van der Waals surface area contributed by atoms with E-state index in [1.807, 2.05) is 31.2 Å². The van der Waals surface area contributed by atoms with E-state index < -0.39 is 11.9 Å². The fraction of sp³-hybridized carbons (Fsp3) is 0.500. The van der Waals surface area contributed by atoms with Crippen LogP contribution in [0.15, 0.2) is 28.7 Å². The molecule has 4 nitrogen and oxygen atoms in total. The van der Waals surface area contributed by atoms with Crippen molar-refractivity contribution >= 4 is 27.8 Å². The van der Waals surface area contributed by atoms with Gasteiger partial charge in [-0.15, -0.1) is 0 Å². The highest BCUT2D eigenvalue weighted by atomic mass is 79.9. The third-order valence-corrected chi connectivity index (χ3v) is 4.57. The molecule has 2 atom stereocenters. The van der Waals surface area contributed by atoms with Crippen molar-refractivity contribution in [2.75, 3.05) is 13.1 Å². The molecule has 0 bridgehead atoms. The van der Waals surface area contributed by atoms with Gasteiger partial charge >= 0.3 is 5.97 Å². The Morgan fingerprint density at radius 3 is 2.67 bits per heavy atom. The second-order valence-electron chi connectivity index (χ2n) is 5.67. The molecule has 1 aromatic carbocycles. The van der Waals surface area contributed by atoms with Crippen LogP contribution in [0.3, 0.4) is 0 Å². The third kappa shape index (κ3) is 4.30. The number of carbonyl (C=O) groups is 2. The van der Waals surface area contributed by atoms with Crippen LogP contribution in [0.25, 0.3) is 0 Å². The smallest absolute Gasteiger partial charge is 0.308 e. The maximum absolute atomic E-state index is 12.3. The van der Waals surface area contributed by atoms with E-state index in [0.29, 0.717) is 25.9 Å². The number of halogens is 1. The molecule has 0 spiro atoms. The number of piperidine rings is 1. The van der Waals surface area contributed by atoms with E-state index in [2.05, 4.69) is 15.9 Å². The number of rotatable bonds is 4. The van der Waals surface area contributed by atoms with Gasteiger partial charge in [0.25, 0.3) is 0 Å². The SMILES string of the molecule is CC(CC(=O)N1CCC[C@@H](C(=O)O)C1)c1ccc(Br)cc1. The quantitative estimate of drug-likeness (QED) is 0.903. The number of carboxylic acid groups (broad SMARTS) is 1. The highest BCUT2D eigenvalue weighted by Gasteiger charge is 2.28. The molecule has 21 heavy (non-hydrogen) atoms. The van der Waals surface area contributed by atoms with Crippen LogP contribution in [0.4, 0.5) is 0 Å². The standard InChI is InChI=1S/C16H20BrNO3/c1-11(12-4-6-14(17)7-5-12)9-15(19)18-8-2-3-13(10-18)16(20)21/h4-7,11,13H,2-3,8-10H2,1H3,(H,20,21)/t11?,13-/m1/s1. The summed E-state index contributed by atoms with van der Waals surface area (Å²) in [5.74, 6) is -1.02. The summed E-state index contributed by atoms with van der Waals surface area (Å²) in [5.41, 5.74) is 1.12. The minimum Gasteiger partial charge on any atom is -0.481 e. The Morgan fingerprint density at radius 2 is 2.05 bits per heavy atom. The number of nitrogens with zero attached hydrogens (tertiary/aromatic N) is 1. The van der Waals surface area contributed by atoms with Crippen molar-refractivity contribution in [3.8, 4) is 0 Å². The van der Waals surface area contributed by atoms with E-state index in [4.69, 9.17) is 5.11 Å². The maximum Gasteiger partial charge on any atom is 0.308 e. The molecule has 1 aliphatic heterocycles. The van der Waals surface area contributed by atoms with E-state index in [1.165, 1.54) is 0 Å². The number of hydrogen-bond acceptors (Lipinski definition) is 2. The summed E-state index contributed by atoms with van der Waals surface area (Å²) in [7, 11) is 0. The van der Waals surface area contributed by atoms with Crippen LogP contribution >= 0.6 is 15.9 Å². The summed E-state index contributed by atoms with van der Waals surface area (Å²) in [6.07, 6.45) is 1.87. The van der Waals surface area contributed by atoms with Crippen LogP contribution in [-0.4, -0.2) is 35.0 Å². The number of hydrogen-bond donors (Lipinski definition) is 1. The van der Waals surface area contributed by atoms with Crippen molar-refractivity contribution in [1.29, 1.82) is 0 Å². The molecule has 1 unspecified atom stereocenters. The molecule has 1 aliphatic rings. The van der Waals surface area contributed by atoms with Crippen LogP contribution < -0.4 is 0 Å². The third-order valence-electron chi connectivity index (χ3n) is 4.04. The number of amides is 1. The van der Waals surface area contributed by atoms with Crippen LogP contribution in [0.2, 0.25) is 0 Å². The fourth-order valence-corrected chi connectivity index (χ4v) is 2.97. The Labute approximate surface area is 133 Å². The van der Waals surface area contributed by atoms with Gasteiger partial charge in [0.2, 0.25) is 5.91 Å². The van der Waals surface area contributed by atoms with Crippen LogP contribution in [0, 0.1) is 5.92 Å². The number of carbonyl (C=O) groups excluding carboxylic acids is 1. The van der Waals surface area contributed by atoms with Gasteiger partial charge in [-0.3, -0.25) is 9.59 Å². The first-order chi connectivity index (χ1) is 9.97. The zero-order valence-corrected chi connectivity index (χ0v) is 13.7. The number of benzene rings is 1. The minimum atomic E-state index is -0.798. The molecule has 1 amide bonds. The average molecular weight is 354 g/mol. The lowest BCUT2D eigenvalue weighted by Crippen LogP contribution is -2.42. The molecule has 0 radical (unpaired) electrons. The highest BCUT2D eigenvalue weighted by Crippen LogP contribution is 2.24. The lowest BCUT2D eigenvalue weighted by Gasteiger charge is -2.31. The zero-order chi connectivity index (χ0) is 15.4. The van der Waals surface area contributed by atoms with E-state index in [0.717, 1.165) is 16.5 Å². The van der Waals surface area contributed by atoms with Crippen molar-refractivity contribution in [1.82, 2.24) is 4.90 Å². The van der Waals surface area contributed by atoms with Crippen molar-refractivity contribution < 1.29 is 14.7 Å². The Balaban J connectivity index is 1.94. The van der Waals surface area contributed by atoms with Crippen LogP contribution in [0.5, 0.6) is 0 Å². The largest absolute Gasteiger partial charge is 0.481 e. The molecular weight excluding hydrogens is 334 g/mol. The molecule has 1 heterocycles. The minimum absolute atomic E-state index is 0.0522. The maximum atomic E-state index is 12.3. The van der Waals surface area contributed by atoms with E-state index >= 15 is 0 Å². The molecule has 1 N–H and O–H groups in total. The van der Waals surface area contributed by atoms with Gasteiger partial charge in [-0.1, -0.05) is 35.0 Å². The molecule has 114 valence electrons. The lowest BCUT2D eigenvalue weighted by molar-refractivity contribution is -0.145. The molecule has 0 aliphatic carbocycles. The second kappa shape index (κ2) is 7.07. The van der Waals surface area contributed by atoms with Crippen molar-refractivity contribution in [3.63, 3.8) is 0 Å². The Morgan fingerprint density at radius 1 is 1.38 bits per heavy atom. The predicted molar refractivity (Wildman–Crippen MR) is 84.1 cm³/mol. The molecule has 1 fully saturated rings. The molecule has 2 rings (SSSR count). The number of carboxylic acids is 1. The molecule has 1 aromatic rings. The summed E-state index contributed by atoms with van der Waals surface area (Å²) < 4.78 is 1.02. The van der Waals surface area contributed by atoms with Crippen LogP contribution in [-0.2, 0) is 9.59 Å². The Hall–Kier alpha value is -1.36. The van der Waals surface area contributed by atoms with Gasteiger partial charge in [0.1, 0.15) is 0 Å². The number of likely N-dealkylation sites (tertiary alicyclic amines) is 1. The summed E-state index contributed by atoms with van der Waals surface area (Å²) in [5, 5.41) is 9.08. The summed E-state index contributed by atoms with van der Waals surface area (Å²) in [4.78, 5) is 25.1. The van der Waals surface area contributed by atoms with Crippen molar-refractivity contribution in [3.05, 3.63) is 34.3 Å². The highest BCUT2D eigenvalue weighted by molar-refractivity contribution is 9.10. The first kappa shape index (κ1) is 16.0. The van der Waals surface area contributed by atoms with E-state index in [1.54, 1.807) is 4.90 Å². The van der Waals surface area contributed by atoms with Gasteiger partial charge in [0, 0.05) is 24.0 Å². The van der Waals surface area contributed by atoms with E-state index in [9.17, 15) is 9.59 Å². The Kier molecular flexibility index (Phi) is 5.39. The summed E-state index contributed by atoms with van der Waals surface area (Å²) in [6, 6.07) is 7.96. The van der Waals surface area contributed by atoms with E-state index in [-0.39, 0.29) is 11.8 Å². The van der Waals surface area contributed by atoms with Gasteiger partial charge in [-0.05, 0) is 36.5 Å². The van der Waals surface area contributed by atoms with Gasteiger partial charge in [-0.25, -0.2) is 0 Å². The van der Waals surface area contributed by atoms with Gasteiger partial charge in [0.15, 0.2) is 0 Å². The Bertz CT molecular complexity index is 515. The first-order valence-corrected chi connectivity index (χ1v) is 8.02. The molecular formula is C16H20BrNO3. The fourth-order valence-electron chi connectivity index (χ4n) is 2.71. The average Bonchev–Trinajstić information content (AvgIpc) is 2.48. The second-order valence-corrected chi connectivity index (χ2v) is 6.59. The van der Waals surface area contributed by atoms with Crippen molar-refractivity contribution in [2.24, 2.45) is 5.92 Å². The molecule has 0 aromatic heterocycles. The topological polar surface area (TPSA) is 57.6 Å². The first-order valence-electron chi connectivity index (χ1n) is 7.23. The predicted octanol–water partition coefficient (Wildman–Crippen LogP) is 3.27. The molecule has 0 saturated carbocycles. The van der Waals surface area contributed by atoms with Gasteiger partial charge in [0.05, 0.1) is 5.92 Å². The number of aliphatic carboxylic acids is 1. The monoisotopic (exact) mass is 353 g/mol. The molecule has 5 heteroatoms. The lowest BCUT2D eigenvalue weighted by atomic mass is 9.94. The summed E-state index contributed by atoms with van der Waals surface area (Å²) in [6.45, 7) is 3.05. The molecule has 1 saturated heterocycles. The normalized spacial score (nSPS) is 20.1.